The van der Waals surface area contributed by atoms with Gasteiger partial charge >= 0.3 is 6.09 Å². The van der Waals surface area contributed by atoms with E-state index in [4.69, 9.17) is 9.84 Å². The maximum Gasteiger partial charge on any atom is 0.404 e. The van der Waals surface area contributed by atoms with Gasteiger partial charge in [-0.3, -0.25) is 0 Å². The summed E-state index contributed by atoms with van der Waals surface area (Å²) in [6.07, 6.45) is 1.52. The van der Waals surface area contributed by atoms with E-state index in [0.29, 0.717) is 18.6 Å². The number of nitrogens with zero attached hydrogens (tertiary/aromatic N) is 1. The first-order valence-corrected chi connectivity index (χ1v) is 4.91. The standard InChI is InChI=1S/C10H11FN2O3/c11-9-2-1-7(5-12-9)16-8-3-6(4-8)13-10(14)15/h1-2,5-6,8,13H,3-4H2,(H,14,15). The number of aromatic nitrogens is 1. The van der Waals surface area contributed by atoms with Crippen LogP contribution in [0.3, 0.4) is 0 Å². The predicted molar refractivity (Wildman–Crippen MR) is 52.8 cm³/mol. The molecule has 0 aromatic carbocycles. The van der Waals surface area contributed by atoms with Crippen LogP contribution in [0.1, 0.15) is 12.8 Å². The van der Waals surface area contributed by atoms with Crippen molar-refractivity contribution in [2.24, 2.45) is 0 Å². The van der Waals surface area contributed by atoms with Crippen LogP contribution in [-0.2, 0) is 0 Å². The third-order valence-electron chi connectivity index (χ3n) is 2.43. The van der Waals surface area contributed by atoms with E-state index in [0.717, 1.165) is 0 Å². The molecule has 16 heavy (non-hydrogen) atoms. The average Bonchev–Trinajstić information content (AvgIpc) is 2.17. The van der Waals surface area contributed by atoms with Gasteiger partial charge in [-0.25, -0.2) is 9.78 Å². The fraction of sp³-hybridized carbons (Fsp3) is 0.400. The number of carboxylic acid groups (broad SMARTS) is 1. The molecule has 86 valence electrons. The highest BCUT2D eigenvalue weighted by molar-refractivity contribution is 5.65. The zero-order chi connectivity index (χ0) is 11.5. The molecule has 1 aromatic heterocycles. The molecule has 2 rings (SSSR count). The molecule has 2 N–H and O–H groups in total. The van der Waals surface area contributed by atoms with Crippen LogP contribution in [0.25, 0.3) is 0 Å². The zero-order valence-electron chi connectivity index (χ0n) is 8.39. The third kappa shape index (κ3) is 2.59. The number of hydrogen-bond donors (Lipinski definition) is 2. The lowest BCUT2D eigenvalue weighted by Gasteiger charge is -2.34. The molecular formula is C10H11FN2O3. The molecule has 0 aliphatic heterocycles. The number of ether oxygens (including phenoxy) is 1. The maximum atomic E-state index is 12.5. The first-order chi connectivity index (χ1) is 7.63. The molecule has 1 heterocycles. The molecule has 0 spiro atoms. The molecule has 0 atom stereocenters. The van der Waals surface area contributed by atoms with Crippen molar-refractivity contribution in [3.05, 3.63) is 24.3 Å². The Kier molecular flexibility index (Phi) is 2.89. The van der Waals surface area contributed by atoms with Gasteiger partial charge in [-0.05, 0) is 12.1 Å². The quantitative estimate of drug-likeness (QED) is 0.764. The summed E-state index contributed by atoms with van der Waals surface area (Å²) < 4.78 is 17.9. The van der Waals surface area contributed by atoms with Gasteiger partial charge in [0.25, 0.3) is 0 Å². The Morgan fingerprint density at radius 1 is 1.56 bits per heavy atom. The van der Waals surface area contributed by atoms with Crippen molar-refractivity contribution >= 4 is 6.09 Å². The number of hydrogen-bond acceptors (Lipinski definition) is 3. The minimum absolute atomic E-state index is 0.0240. The van der Waals surface area contributed by atoms with Gasteiger partial charge in [0, 0.05) is 18.9 Å². The van der Waals surface area contributed by atoms with Crippen molar-refractivity contribution < 1.29 is 19.0 Å². The van der Waals surface area contributed by atoms with Crippen molar-refractivity contribution in [2.75, 3.05) is 0 Å². The molecule has 6 heteroatoms. The second-order valence-corrected chi connectivity index (χ2v) is 3.67. The summed E-state index contributed by atoms with van der Waals surface area (Å²) >= 11 is 0. The fourth-order valence-corrected chi connectivity index (χ4v) is 1.58. The normalized spacial score (nSPS) is 23.3. The molecule has 1 aliphatic rings. The first-order valence-electron chi connectivity index (χ1n) is 4.91. The Balaban J connectivity index is 1.77. The van der Waals surface area contributed by atoms with E-state index in [9.17, 15) is 9.18 Å². The highest BCUT2D eigenvalue weighted by atomic mass is 19.1. The van der Waals surface area contributed by atoms with E-state index in [-0.39, 0.29) is 12.1 Å². The monoisotopic (exact) mass is 226 g/mol. The van der Waals surface area contributed by atoms with Crippen LogP contribution in [0.4, 0.5) is 9.18 Å². The van der Waals surface area contributed by atoms with Gasteiger partial charge in [0.15, 0.2) is 0 Å². The summed E-state index contributed by atoms with van der Waals surface area (Å²) in [6.45, 7) is 0. The predicted octanol–water partition coefficient (Wildman–Crippen LogP) is 1.40. The summed E-state index contributed by atoms with van der Waals surface area (Å²) in [5.74, 6) is -0.0495. The van der Waals surface area contributed by atoms with Crippen LogP contribution in [0.5, 0.6) is 5.75 Å². The zero-order valence-corrected chi connectivity index (χ0v) is 8.39. The number of halogens is 1. The molecule has 1 fully saturated rings. The number of amides is 1. The van der Waals surface area contributed by atoms with Crippen LogP contribution in [0, 0.1) is 5.95 Å². The number of nitrogens with one attached hydrogen (secondary N) is 1. The molecule has 1 aliphatic carbocycles. The Morgan fingerprint density at radius 3 is 2.88 bits per heavy atom. The van der Waals surface area contributed by atoms with Crippen molar-refractivity contribution in [1.29, 1.82) is 0 Å². The summed E-state index contributed by atoms with van der Waals surface area (Å²) in [7, 11) is 0. The minimum atomic E-state index is -1.02. The average molecular weight is 226 g/mol. The Morgan fingerprint density at radius 2 is 2.31 bits per heavy atom. The van der Waals surface area contributed by atoms with Crippen molar-refractivity contribution in [3.8, 4) is 5.75 Å². The second kappa shape index (κ2) is 4.34. The molecule has 0 bridgehead atoms. The highest BCUT2D eigenvalue weighted by Gasteiger charge is 2.31. The lowest BCUT2D eigenvalue weighted by atomic mass is 9.89. The molecule has 5 nitrogen and oxygen atoms in total. The van der Waals surface area contributed by atoms with E-state index in [1.807, 2.05) is 0 Å². The van der Waals surface area contributed by atoms with Crippen molar-refractivity contribution in [2.45, 2.75) is 25.0 Å². The minimum Gasteiger partial charge on any atom is -0.489 e. The Labute approximate surface area is 91.3 Å². The van der Waals surface area contributed by atoms with Crippen molar-refractivity contribution in [1.82, 2.24) is 10.3 Å². The molecule has 0 unspecified atom stereocenters. The van der Waals surface area contributed by atoms with Crippen LogP contribution >= 0.6 is 0 Å². The number of carbonyl (C=O) groups is 1. The van der Waals surface area contributed by atoms with E-state index in [1.54, 1.807) is 0 Å². The topological polar surface area (TPSA) is 71.5 Å². The smallest absolute Gasteiger partial charge is 0.404 e. The van der Waals surface area contributed by atoms with Gasteiger partial charge in [-0.15, -0.1) is 0 Å². The van der Waals surface area contributed by atoms with E-state index in [1.165, 1.54) is 18.3 Å². The van der Waals surface area contributed by atoms with E-state index < -0.39 is 12.0 Å². The van der Waals surface area contributed by atoms with E-state index >= 15 is 0 Å². The molecule has 0 radical (unpaired) electrons. The summed E-state index contributed by atoms with van der Waals surface area (Å²) in [6, 6.07) is 2.68. The second-order valence-electron chi connectivity index (χ2n) is 3.67. The largest absolute Gasteiger partial charge is 0.489 e. The van der Waals surface area contributed by atoms with Crippen LogP contribution in [0.2, 0.25) is 0 Å². The SMILES string of the molecule is O=C(O)NC1CC(Oc2ccc(F)nc2)C1. The van der Waals surface area contributed by atoms with Crippen LogP contribution in [-0.4, -0.2) is 28.3 Å². The summed E-state index contributed by atoms with van der Waals surface area (Å²) in [5.41, 5.74) is 0. The molecule has 1 saturated carbocycles. The first kappa shape index (κ1) is 10.7. The molecule has 1 aromatic rings. The van der Waals surface area contributed by atoms with Gasteiger partial charge in [0.2, 0.25) is 5.95 Å². The van der Waals surface area contributed by atoms with Gasteiger partial charge in [0.05, 0.1) is 6.20 Å². The molecule has 0 saturated heterocycles. The van der Waals surface area contributed by atoms with E-state index in [2.05, 4.69) is 10.3 Å². The third-order valence-corrected chi connectivity index (χ3v) is 2.43. The highest BCUT2D eigenvalue weighted by Crippen LogP contribution is 2.25. The summed E-state index contributed by atoms with van der Waals surface area (Å²) in [5, 5.41) is 10.8. The molecule has 1 amide bonds. The Hall–Kier alpha value is -1.85. The van der Waals surface area contributed by atoms with Gasteiger partial charge in [-0.1, -0.05) is 0 Å². The molecular weight excluding hydrogens is 215 g/mol. The lowest BCUT2D eigenvalue weighted by molar-refractivity contribution is 0.0829. The van der Waals surface area contributed by atoms with Crippen molar-refractivity contribution in [3.63, 3.8) is 0 Å². The van der Waals surface area contributed by atoms with Gasteiger partial charge in [-0.2, -0.15) is 4.39 Å². The number of rotatable bonds is 3. The number of pyridine rings is 1. The fourth-order valence-electron chi connectivity index (χ4n) is 1.58. The van der Waals surface area contributed by atoms with Gasteiger partial charge < -0.3 is 15.2 Å². The lowest BCUT2D eigenvalue weighted by Crippen LogP contribution is -2.48. The van der Waals surface area contributed by atoms with Gasteiger partial charge in [0.1, 0.15) is 11.9 Å². The maximum absolute atomic E-state index is 12.5. The van der Waals surface area contributed by atoms with Crippen LogP contribution < -0.4 is 10.1 Å². The Bertz CT molecular complexity index is 376. The summed E-state index contributed by atoms with van der Waals surface area (Å²) in [4.78, 5) is 13.8. The van der Waals surface area contributed by atoms with Crippen LogP contribution in [0.15, 0.2) is 18.3 Å².